The van der Waals surface area contributed by atoms with Gasteiger partial charge in [0.25, 0.3) is 5.91 Å². The number of carbonyl (C=O) groups excluding carboxylic acids is 1. The average Bonchev–Trinajstić information content (AvgIpc) is 2.98. The van der Waals surface area contributed by atoms with Crippen LogP contribution in [0.5, 0.6) is 5.75 Å². The first kappa shape index (κ1) is 21.8. The Morgan fingerprint density at radius 3 is 2.31 bits per heavy atom. The van der Waals surface area contributed by atoms with Gasteiger partial charge in [-0.25, -0.2) is 9.98 Å². The van der Waals surface area contributed by atoms with Crippen molar-refractivity contribution in [3.63, 3.8) is 0 Å². The van der Waals surface area contributed by atoms with Gasteiger partial charge in [0, 0.05) is 13.2 Å². The predicted molar refractivity (Wildman–Crippen MR) is 122 cm³/mol. The van der Waals surface area contributed by atoms with Crippen molar-refractivity contribution < 1.29 is 17.4 Å². The molecule has 8 nitrogen and oxygen atoms in total. The van der Waals surface area contributed by atoms with Crippen molar-refractivity contribution in [2.24, 2.45) is 10.7 Å². The number of aliphatic imine (C=N–C) groups is 1. The van der Waals surface area contributed by atoms with Crippen LogP contribution < -0.4 is 9.92 Å². The van der Waals surface area contributed by atoms with E-state index in [0.717, 1.165) is 17.4 Å². The average molecular weight is 471 g/mol. The third kappa shape index (κ3) is 3.92. The minimum atomic E-state index is -3.68. The van der Waals surface area contributed by atoms with Crippen LogP contribution in [0.4, 0.5) is 0 Å². The summed E-state index contributed by atoms with van der Waals surface area (Å²) in [5, 5.41) is 0.350. The molecule has 1 amide bonds. The van der Waals surface area contributed by atoms with Crippen molar-refractivity contribution in [3.05, 3.63) is 83.1 Å². The predicted octanol–water partition coefficient (Wildman–Crippen LogP) is 2.77. The summed E-state index contributed by atoms with van der Waals surface area (Å²) in [6, 6.07) is 17.0. The number of pyridine rings is 1. The van der Waals surface area contributed by atoms with Gasteiger partial charge in [-0.1, -0.05) is 41.9 Å². The molecule has 164 valence electrons. The van der Waals surface area contributed by atoms with Gasteiger partial charge in [-0.2, -0.15) is 8.42 Å². The first-order valence-corrected chi connectivity index (χ1v) is 11.7. The Balaban J connectivity index is 1.86. The van der Waals surface area contributed by atoms with Crippen LogP contribution in [0.1, 0.15) is 11.1 Å². The number of nitrogens with two attached hydrogens (primary N) is 1. The van der Waals surface area contributed by atoms with E-state index in [1.54, 1.807) is 37.5 Å². The molecule has 1 aliphatic rings. The number of benzene rings is 2. The number of guanidine groups is 1. The summed E-state index contributed by atoms with van der Waals surface area (Å²) in [6.07, 6.45) is 2.56. The molecule has 2 heterocycles. The molecule has 1 aromatic heterocycles. The number of likely N-dealkylation sites (N-methyl/N-ethyl adjacent to an activating group) is 1. The second-order valence-corrected chi connectivity index (χ2v) is 9.27. The number of carbonyl (C=O) groups is 1. The highest BCUT2D eigenvalue weighted by Gasteiger charge is 2.49. The second kappa shape index (κ2) is 7.92. The van der Waals surface area contributed by atoms with Crippen LogP contribution in [0, 0.1) is 0 Å². The van der Waals surface area contributed by atoms with E-state index in [2.05, 4.69) is 9.98 Å². The zero-order chi connectivity index (χ0) is 23.1. The van der Waals surface area contributed by atoms with Crippen molar-refractivity contribution in [3.8, 4) is 16.9 Å². The summed E-state index contributed by atoms with van der Waals surface area (Å²) in [4.78, 5) is 23.3. The van der Waals surface area contributed by atoms with Crippen molar-refractivity contribution >= 4 is 33.6 Å². The smallest absolute Gasteiger partial charge is 0.306 e. The number of halogens is 1. The largest absolute Gasteiger partial charge is 0.383 e. The molecule has 0 radical (unpaired) electrons. The molecule has 10 heteroatoms. The zero-order valence-electron chi connectivity index (χ0n) is 17.2. The van der Waals surface area contributed by atoms with Crippen molar-refractivity contribution in [2.75, 3.05) is 13.3 Å². The quantitative estimate of drug-likeness (QED) is 0.453. The molecule has 0 saturated carbocycles. The summed E-state index contributed by atoms with van der Waals surface area (Å²) in [7, 11) is -2.13. The van der Waals surface area contributed by atoms with Crippen molar-refractivity contribution in [2.45, 2.75) is 5.54 Å². The van der Waals surface area contributed by atoms with Gasteiger partial charge in [-0.3, -0.25) is 9.69 Å². The summed E-state index contributed by atoms with van der Waals surface area (Å²) in [5.41, 5.74) is 7.35. The van der Waals surface area contributed by atoms with Crippen LogP contribution in [-0.4, -0.2) is 43.5 Å². The molecule has 0 bridgehead atoms. The lowest BCUT2D eigenvalue weighted by atomic mass is 9.81. The van der Waals surface area contributed by atoms with Crippen molar-refractivity contribution in [1.82, 2.24) is 9.88 Å². The molecular formula is C22H19ClN4O4S. The van der Waals surface area contributed by atoms with E-state index in [9.17, 15) is 13.2 Å². The molecular weight excluding hydrogens is 452 g/mol. The van der Waals surface area contributed by atoms with E-state index in [1.165, 1.54) is 17.0 Å². The molecule has 2 aromatic carbocycles. The minimum Gasteiger partial charge on any atom is -0.383 e. The number of hydrogen-bond acceptors (Lipinski definition) is 7. The minimum absolute atomic E-state index is 0.0730. The maximum absolute atomic E-state index is 13.4. The van der Waals surface area contributed by atoms with E-state index < -0.39 is 15.7 Å². The van der Waals surface area contributed by atoms with Gasteiger partial charge < -0.3 is 9.92 Å². The highest BCUT2D eigenvalue weighted by Crippen LogP contribution is 2.41. The maximum Gasteiger partial charge on any atom is 0.306 e. The van der Waals surface area contributed by atoms with E-state index in [-0.39, 0.29) is 17.6 Å². The molecule has 4 rings (SSSR count). The highest BCUT2D eigenvalue weighted by molar-refractivity contribution is 7.86. The monoisotopic (exact) mass is 470 g/mol. The fourth-order valence-electron chi connectivity index (χ4n) is 3.62. The van der Waals surface area contributed by atoms with Gasteiger partial charge in [-0.15, -0.1) is 0 Å². The lowest BCUT2D eigenvalue weighted by Gasteiger charge is -2.26. The molecule has 0 fully saturated rings. The lowest BCUT2D eigenvalue weighted by Crippen LogP contribution is -2.41. The number of rotatable bonds is 5. The third-order valence-corrected chi connectivity index (χ3v) is 5.80. The molecule has 1 aliphatic heterocycles. The summed E-state index contributed by atoms with van der Waals surface area (Å²) in [5.74, 6) is -0.136. The Morgan fingerprint density at radius 1 is 1.03 bits per heavy atom. The number of hydrogen-bond donors (Lipinski definition) is 1. The number of aromatic nitrogens is 1. The lowest BCUT2D eigenvalue weighted by molar-refractivity contribution is -0.129. The van der Waals surface area contributed by atoms with Crippen LogP contribution >= 0.6 is 11.6 Å². The summed E-state index contributed by atoms with van der Waals surface area (Å²) < 4.78 is 27.8. The van der Waals surface area contributed by atoms with Crippen LogP contribution in [-0.2, 0) is 20.5 Å². The highest BCUT2D eigenvalue weighted by atomic mass is 35.5. The molecule has 1 atom stereocenters. The number of nitrogens with zero attached hydrogens (tertiary/aromatic N) is 3. The second-order valence-electron chi connectivity index (χ2n) is 7.30. The normalized spacial score (nSPS) is 18.5. The SMILES string of the molecule is CN1C(=O)C(c2ccc(OS(C)(=O)=O)cc2)(c2cccc(-c3ccnc(Cl)c3)c2)N=C1N. The van der Waals surface area contributed by atoms with E-state index in [1.807, 2.05) is 24.3 Å². The topological polar surface area (TPSA) is 115 Å². The summed E-state index contributed by atoms with van der Waals surface area (Å²) in [6.45, 7) is 0. The maximum atomic E-state index is 13.4. The van der Waals surface area contributed by atoms with Gasteiger partial charge in [0.05, 0.1) is 6.26 Å². The molecule has 2 N–H and O–H groups in total. The van der Waals surface area contributed by atoms with Crippen LogP contribution in [0.2, 0.25) is 5.15 Å². The first-order chi connectivity index (χ1) is 15.1. The van der Waals surface area contributed by atoms with Crippen LogP contribution in [0.3, 0.4) is 0 Å². The van der Waals surface area contributed by atoms with E-state index in [4.69, 9.17) is 21.5 Å². The Morgan fingerprint density at radius 2 is 1.72 bits per heavy atom. The van der Waals surface area contributed by atoms with Crippen LogP contribution in [0.15, 0.2) is 71.9 Å². The fraction of sp³-hybridized carbons (Fsp3) is 0.136. The molecule has 0 spiro atoms. The van der Waals surface area contributed by atoms with E-state index >= 15 is 0 Å². The van der Waals surface area contributed by atoms with Gasteiger partial charge in [-0.05, 0) is 52.6 Å². The molecule has 3 aromatic rings. The zero-order valence-corrected chi connectivity index (χ0v) is 18.8. The van der Waals surface area contributed by atoms with Gasteiger partial charge in [0.15, 0.2) is 11.5 Å². The van der Waals surface area contributed by atoms with Crippen molar-refractivity contribution in [1.29, 1.82) is 0 Å². The Labute approximate surface area is 190 Å². The van der Waals surface area contributed by atoms with Gasteiger partial charge in [0.2, 0.25) is 0 Å². The Bertz CT molecular complexity index is 1340. The Kier molecular flexibility index (Phi) is 5.39. The van der Waals surface area contributed by atoms with Gasteiger partial charge in [0.1, 0.15) is 10.9 Å². The Hall–Kier alpha value is -3.43. The summed E-state index contributed by atoms with van der Waals surface area (Å²) >= 11 is 6.04. The van der Waals surface area contributed by atoms with Crippen LogP contribution in [0.25, 0.3) is 11.1 Å². The molecule has 1 unspecified atom stereocenters. The molecule has 0 aliphatic carbocycles. The van der Waals surface area contributed by atoms with Gasteiger partial charge >= 0.3 is 10.1 Å². The van der Waals surface area contributed by atoms with E-state index in [0.29, 0.717) is 16.3 Å². The number of amides is 1. The molecule has 0 saturated heterocycles. The standard InChI is InChI=1S/C22H19ClN4O4S/c1-27-20(28)22(26-21(27)24,16-6-8-18(9-7-16)31-32(2,29)30)17-5-3-4-14(12-17)15-10-11-25-19(23)13-15/h3-13H,1-2H3,(H2,24,26). The third-order valence-electron chi connectivity index (χ3n) is 5.10. The fourth-order valence-corrected chi connectivity index (χ4v) is 4.25. The molecule has 32 heavy (non-hydrogen) atoms. The first-order valence-electron chi connectivity index (χ1n) is 9.46.